The van der Waals surface area contributed by atoms with Gasteiger partial charge in [-0.25, -0.2) is 0 Å². The normalized spacial score (nSPS) is 9.56. The van der Waals surface area contributed by atoms with Crippen LogP contribution in [0.25, 0.3) is 0 Å². The molecule has 0 fully saturated rings. The number of hydrogen-bond acceptors (Lipinski definition) is 4. The van der Waals surface area contributed by atoms with Crippen LogP contribution in [0.4, 0.5) is 5.69 Å². The highest BCUT2D eigenvalue weighted by atomic mass is 16.5. The lowest BCUT2D eigenvalue weighted by Gasteiger charge is -2.05. The molecule has 0 spiro atoms. The van der Waals surface area contributed by atoms with E-state index in [1.54, 1.807) is 19.1 Å². The summed E-state index contributed by atoms with van der Waals surface area (Å²) in [5.41, 5.74) is 0.439. The first kappa shape index (κ1) is 12.0. The number of anilines is 1. The Kier molecular flexibility index (Phi) is 4.32. The lowest BCUT2D eigenvalue weighted by atomic mass is 10.3. The second kappa shape index (κ2) is 5.75. The van der Waals surface area contributed by atoms with Crippen LogP contribution in [0.15, 0.2) is 24.3 Å². The van der Waals surface area contributed by atoms with Crippen LogP contribution in [0.1, 0.15) is 13.3 Å². The minimum Gasteiger partial charge on any atom is -0.508 e. The SMILES string of the molecule is CCOC(=O)CC(=O)Nc1cccc(O)c1. The van der Waals surface area contributed by atoms with E-state index in [1.165, 1.54) is 12.1 Å². The second-order valence-corrected chi connectivity index (χ2v) is 3.08. The number of carbonyl (C=O) groups excluding carboxylic acids is 2. The number of carbonyl (C=O) groups is 2. The Hall–Kier alpha value is -2.04. The van der Waals surface area contributed by atoms with E-state index in [1.807, 2.05) is 0 Å². The lowest BCUT2D eigenvalue weighted by molar-refractivity contribution is -0.145. The number of esters is 1. The summed E-state index contributed by atoms with van der Waals surface area (Å²) in [6.07, 6.45) is -0.330. The molecule has 1 amide bonds. The van der Waals surface area contributed by atoms with Gasteiger partial charge in [0.15, 0.2) is 0 Å². The third-order valence-electron chi connectivity index (χ3n) is 1.74. The first-order valence-corrected chi connectivity index (χ1v) is 4.86. The Labute approximate surface area is 93.0 Å². The summed E-state index contributed by atoms with van der Waals surface area (Å²) in [6, 6.07) is 6.09. The second-order valence-electron chi connectivity index (χ2n) is 3.08. The average Bonchev–Trinajstić information content (AvgIpc) is 2.17. The first-order chi connectivity index (χ1) is 7.61. The fourth-order valence-corrected chi connectivity index (χ4v) is 1.13. The number of nitrogens with one attached hydrogen (secondary N) is 1. The molecule has 1 aromatic rings. The molecule has 0 aliphatic rings. The van der Waals surface area contributed by atoms with E-state index in [0.717, 1.165) is 0 Å². The molecule has 0 heterocycles. The molecule has 16 heavy (non-hydrogen) atoms. The Bertz CT molecular complexity index is 389. The van der Waals surface area contributed by atoms with Gasteiger partial charge in [0, 0.05) is 11.8 Å². The predicted molar refractivity (Wildman–Crippen MR) is 58.0 cm³/mol. The molecule has 0 saturated heterocycles. The van der Waals surface area contributed by atoms with E-state index >= 15 is 0 Å². The molecule has 0 atom stereocenters. The molecule has 86 valence electrons. The van der Waals surface area contributed by atoms with Crippen LogP contribution in [-0.2, 0) is 14.3 Å². The third-order valence-corrected chi connectivity index (χ3v) is 1.74. The predicted octanol–water partition coefficient (Wildman–Crippen LogP) is 1.28. The van der Waals surface area contributed by atoms with Crippen LogP contribution in [0.3, 0.4) is 0 Å². The summed E-state index contributed by atoms with van der Waals surface area (Å²) in [5, 5.41) is 11.6. The number of hydrogen-bond donors (Lipinski definition) is 2. The minimum absolute atomic E-state index is 0.0499. The molecule has 0 aliphatic carbocycles. The Morgan fingerprint density at radius 1 is 1.44 bits per heavy atom. The van der Waals surface area contributed by atoms with E-state index in [2.05, 4.69) is 10.1 Å². The van der Waals surface area contributed by atoms with Gasteiger partial charge in [0.05, 0.1) is 6.61 Å². The molecule has 0 bridgehead atoms. The van der Waals surface area contributed by atoms with Gasteiger partial charge in [0.1, 0.15) is 12.2 Å². The average molecular weight is 223 g/mol. The van der Waals surface area contributed by atoms with E-state index < -0.39 is 11.9 Å². The summed E-state index contributed by atoms with van der Waals surface area (Å²) in [7, 11) is 0. The molecule has 1 rings (SSSR count). The van der Waals surface area contributed by atoms with Crippen molar-refractivity contribution in [3.8, 4) is 5.75 Å². The van der Waals surface area contributed by atoms with Gasteiger partial charge in [0.2, 0.25) is 5.91 Å². The largest absolute Gasteiger partial charge is 0.508 e. The number of aromatic hydroxyl groups is 1. The number of phenolic OH excluding ortho intramolecular Hbond substituents is 1. The molecule has 0 unspecified atom stereocenters. The van der Waals surface area contributed by atoms with Gasteiger partial charge in [-0.1, -0.05) is 6.07 Å². The zero-order valence-corrected chi connectivity index (χ0v) is 8.90. The Morgan fingerprint density at radius 3 is 2.81 bits per heavy atom. The van der Waals surface area contributed by atoms with Crippen LogP contribution in [0.5, 0.6) is 5.75 Å². The van der Waals surface area contributed by atoms with Crippen molar-refractivity contribution in [1.29, 1.82) is 0 Å². The molecule has 0 saturated carbocycles. The van der Waals surface area contributed by atoms with Crippen LogP contribution >= 0.6 is 0 Å². The van der Waals surface area contributed by atoms with Crippen LogP contribution < -0.4 is 5.32 Å². The number of ether oxygens (including phenoxy) is 1. The summed E-state index contributed by atoms with van der Waals surface area (Å²) >= 11 is 0. The number of benzene rings is 1. The molecule has 1 aromatic carbocycles. The van der Waals surface area contributed by atoms with Gasteiger partial charge in [-0.2, -0.15) is 0 Å². The van der Waals surface area contributed by atoms with Crippen molar-refractivity contribution in [3.63, 3.8) is 0 Å². The molecule has 0 aliphatic heterocycles. The lowest BCUT2D eigenvalue weighted by Crippen LogP contribution is -2.18. The fraction of sp³-hybridized carbons (Fsp3) is 0.273. The van der Waals surface area contributed by atoms with Gasteiger partial charge >= 0.3 is 5.97 Å². The van der Waals surface area contributed by atoms with Crippen LogP contribution in [0.2, 0.25) is 0 Å². The van der Waals surface area contributed by atoms with E-state index in [-0.39, 0.29) is 18.8 Å². The highest BCUT2D eigenvalue weighted by molar-refractivity contribution is 6.01. The first-order valence-electron chi connectivity index (χ1n) is 4.86. The zero-order valence-electron chi connectivity index (χ0n) is 8.90. The number of amides is 1. The maximum atomic E-state index is 11.3. The third kappa shape index (κ3) is 4.00. The van der Waals surface area contributed by atoms with Crippen molar-refractivity contribution in [2.75, 3.05) is 11.9 Å². The van der Waals surface area contributed by atoms with Gasteiger partial charge in [0.25, 0.3) is 0 Å². The summed E-state index contributed by atoms with van der Waals surface area (Å²) in [6.45, 7) is 1.92. The zero-order chi connectivity index (χ0) is 12.0. The monoisotopic (exact) mass is 223 g/mol. The van der Waals surface area contributed by atoms with Crippen molar-refractivity contribution < 1.29 is 19.4 Å². The maximum Gasteiger partial charge on any atom is 0.315 e. The van der Waals surface area contributed by atoms with Gasteiger partial charge < -0.3 is 15.2 Å². The Balaban J connectivity index is 2.48. The summed E-state index contributed by atoms with van der Waals surface area (Å²) in [5.74, 6) is -0.988. The van der Waals surface area contributed by atoms with Crippen molar-refractivity contribution in [2.24, 2.45) is 0 Å². The van der Waals surface area contributed by atoms with Crippen molar-refractivity contribution >= 4 is 17.6 Å². The summed E-state index contributed by atoms with van der Waals surface area (Å²) < 4.78 is 4.62. The molecule has 2 N–H and O–H groups in total. The maximum absolute atomic E-state index is 11.3. The van der Waals surface area contributed by atoms with Gasteiger partial charge in [-0.05, 0) is 19.1 Å². The van der Waals surface area contributed by atoms with Gasteiger partial charge in [-0.3, -0.25) is 9.59 Å². The van der Waals surface area contributed by atoms with Crippen molar-refractivity contribution in [3.05, 3.63) is 24.3 Å². The van der Waals surface area contributed by atoms with Gasteiger partial charge in [-0.15, -0.1) is 0 Å². The van der Waals surface area contributed by atoms with Crippen LogP contribution in [0, 0.1) is 0 Å². The standard InChI is InChI=1S/C11H13NO4/c1-2-16-11(15)7-10(14)12-8-4-3-5-9(13)6-8/h3-6,13H,2,7H2,1H3,(H,12,14). The smallest absolute Gasteiger partial charge is 0.315 e. The van der Waals surface area contributed by atoms with E-state index in [9.17, 15) is 9.59 Å². The van der Waals surface area contributed by atoms with Crippen LogP contribution in [-0.4, -0.2) is 23.6 Å². The van der Waals surface area contributed by atoms with E-state index in [4.69, 9.17) is 5.11 Å². The molecule has 0 radical (unpaired) electrons. The molecule has 5 heteroatoms. The Morgan fingerprint density at radius 2 is 2.19 bits per heavy atom. The molecule has 0 aromatic heterocycles. The quantitative estimate of drug-likeness (QED) is 0.595. The van der Waals surface area contributed by atoms with E-state index in [0.29, 0.717) is 5.69 Å². The fourth-order valence-electron chi connectivity index (χ4n) is 1.13. The highest BCUT2D eigenvalue weighted by Crippen LogP contribution is 2.15. The number of phenols is 1. The van der Waals surface area contributed by atoms with Crippen molar-refractivity contribution in [2.45, 2.75) is 13.3 Å². The number of rotatable bonds is 4. The summed E-state index contributed by atoms with van der Waals surface area (Å²) in [4.78, 5) is 22.3. The molecular formula is C11H13NO4. The molecule has 5 nitrogen and oxygen atoms in total. The highest BCUT2D eigenvalue weighted by Gasteiger charge is 2.10. The molecular weight excluding hydrogens is 210 g/mol. The minimum atomic E-state index is -0.569. The van der Waals surface area contributed by atoms with Crippen molar-refractivity contribution in [1.82, 2.24) is 0 Å². The topological polar surface area (TPSA) is 75.6 Å².